The molecule has 0 aromatic carbocycles. The number of rotatable bonds is 9. The van der Waals surface area contributed by atoms with E-state index in [1.807, 2.05) is 6.92 Å². The van der Waals surface area contributed by atoms with Gasteiger partial charge in [-0.3, -0.25) is 4.99 Å². The zero-order valence-electron chi connectivity index (χ0n) is 16.1. The first-order valence-electron chi connectivity index (χ1n) is 9.26. The van der Waals surface area contributed by atoms with E-state index < -0.39 is 10.0 Å². The Labute approximate surface area is 148 Å². The highest BCUT2D eigenvalue weighted by Gasteiger charge is 2.25. The number of guanidine groups is 1. The summed E-state index contributed by atoms with van der Waals surface area (Å²) in [6.07, 6.45) is 4.53. The maximum absolute atomic E-state index is 11.6. The quantitative estimate of drug-likeness (QED) is 0.388. The molecule has 0 aromatic heterocycles. The van der Waals surface area contributed by atoms with E-state index in [9.17, 15) is 8.42 Å². The standard InChI is InChI=1S/C17H36N4O2S/c1-6-18-17(20-12-9-16(14-20)13-15(3)4)19-10-8-11-21(7-2)24(5,22)23/h15-16H,6-14H2,1-5H3,(H,18,19). The fraction of sp³-hybridized carbons (Fsp3) is 0.941. The Morgan fingerprint density at radius 3 is 2.62 bits per heavy atom. The van der Waals surface area contributed by atoms with Crippen LogP contribution in [0.15, 0.2) is 4.99 Å². The number of likely N-dealkylation sites (tertiary alicyclic amines) is 1. The second-order valence-electron chi connectivity index (χ2n) is 7.07. The van der Waals surface area contributed by atoms with Crippen molar-refractivity contribution in [3.8, 4) is 0 Å². The predicted octanol–water partition coefficient (Wildman–Crippen LogP) is 1.99. The molecule has 1 aliphatic rings. The van der Waals surface area contributed by atoms with Gasteiger partial charge in [0.2, 0.25) is 10.0 Å². The van der Waals surface area contributed by atoms with Gasteiger partial charge >= 0.3 is 0 Å². The molecule has 1 atom stereocenters. The minimum Gasteiger partial charge on any atom is -0.357 e. The second-order valence-corrected chi connectivity index (χ2v) is 9.06. The zero-order valence-corrected chi connectivity index (χ0v) is 16.9. The molecule has 0 radical (unpaired) electrons. The molecule has 1 fully saturated rings. The van der Waals surface area contributed by atoms with E-state index in [4.69, 9.17) is 4.99 Å². The van der Waals surface area contributed by atoms with Crippen LogP contribution in [0.4, 0.5) is 0 Å². The number of nitrogens with zero attached hydrogens (tertiary/aromatic N) is 3. The van der Waals surface area contributed by atoms with Crippen LogP contribution in [0.2, 0.25) is 0 Å². The van der Waals surface area contributed by atoms with Gasteiger partial charge in [0.1, 0.15) is 0 Å². The number of nitrogens with one attached hydrogen (secondary N) is 1. The average molecular weight is 361 g/mol. The maximum atomic E-state index is 11.6. The van der Waals surface area contributed by atoms with Gasteiger partial charge in [0.05, 0.1) is 6.26 Å². The van der Waals surface area contributed by atoms with Crippen molar-refractivity contribution in [2.45, 2.75) is 47.0 Å². The van der Waals surface area contributed by atoms with Gasteiger partial charge in [0, 0.05) is 39.3 Å². The summed E-state index contributed by atoms with van der Waals surface area (Å²) in [7, 11) is -3.10. The lowest BCUT2D eigenvalue weighted by Crippen LogP contribution is -2.40. The number of sulfonamides is 1. The molecule has 0 saturated carbocycles. The Hall–Kier alpha value is -0.820. The van der Waals surface area contributed by atoms with Crippen molar-refractivity contribution in [3.05, 3.63) is 0 Å². The van der Waals surface area contributed by atoms with Crippen molar-refractivity contribution in [1.29, 1.82) is 0 Å². The summed E-state index contributed by atoms with van der Waals surface area (Å²) in [5, 5.41) is 3.37. The molecule has 1 rings (SSSR count). The van der Waals surface area contributed by atoms with Crippen LogP contribution in [0.5, 0.6) is 0 Å². The summed E-state index contributed by atoms with van der Waals surface area (Å²) in [6.45, 7) is 13.2. The lowest BCUT2D eigenvalue weighted by molar-refractivity contribution is 0.402. The molecule has 1 unspecified atom stereocenters. The third kappa shape index (κ3) is 7.38. The van der Waals surface area contributed by atoms with Gasteiger partial charge in [-0.2, -0.15) is 0 Å². The molecule has 0 aromatic rings. The second kappa shape index (κ2) is 10.2. The molecule has 1 heterocycles. The molecule has 1 saturated heterocycles. The van der Waals surface area contributed by atoms with Crippen molar-refractivity contribution >= 4 is 16.0 Å². The fourth-order valence-corrected chi connectivity index (χ4v) is 4.23. The van der Waals surface area contributed by atoms with Crippen LogP contribution >= 0.6 is 0 Å². The zero-order chi connectivity index (χ0) is 18.2. The Kier molecular flexibility index (Phi) is 9.05. The third-order valence-corrected chi connectivity index (χ3v) is 5.75. The molecule has 24 heavy (non-hydrogen) atoms. The molecule has 0 amide bonds. The van der Waals surface area contributed by atoms with Gasteiger partial charge in [-0.15, -0.1) is 0 Å². The van der Waals surface area contributed by atoms with Crippen LogP contribution in [-0.2, 0) is 10.0 Å². The molecular weight excluding hydrogens is 324 g/mol. The lowest BCUT2D eigenvalue weighted by atomic mass is 9.97. The number of hydrogen-bond acceptors (Lipinski definition) is 3. The lowest BCUT2D eigenvalue weighted by Gasteiger charge is -2.22. The molecule has 142 valence electrons. The third-order valence-electron chi connectivity index (χ3n) is 4.37. The molecule has 0 bridgehead atoms. The summed E-state index contributed by atoms with van der Waals surface area (Å²) in [5.41, 5.74) is 0. The van der Waals surface area contributed by atoms with E-state index in [-0.39, 0.29) is 0 Å². The largest absolute Gasteiger partial charge is 0.357 e. The Bertz CT molecular complexity index is 491. The minimum absolute atomic E-state index is 0.519. The number of aliphatic imine (C=N–C) groups is 1. The van der Waals surface area contributed by atoms with Gasteiger partial charge in [0.25, 0.3) is 0 Å². The van der Waals surface area contributed by atoms with Crippen LogP contribution in [0, 0.1) is 11.8 Å². The van der Waals surface area contributed by atoms with E-state index in [0.29, 0.717) is 19.6 Å². The van der Waals surface area contributed by atoms with E-state index in [1.54, 1.807) is 0 Å². The first-order chi connectivity index (χ1) is 11.3. The van der Waals surface area contributed by atoms with Crippen LogP contribution in [0.3, 0.4) is 0 Å². The SMILES string of the molecule is CCNC(=NCCCN(CC)S(C)(=O)=O)N1CCC(CC(C)C)C1. The van der Waals surface area contributed by atoms with Crippen molar-refractivity contribution in [2.75, 3.05) is 45.5 Å². The van der Waals surface area contributed by atoms with Crippen LogP contribution < -0.4 is 5.32 Å². The van der Waals surface area contributed by atoms with Crippen molar-refractivity contribution < 1.29 is 8.42 Å². The molecule has 1 aliphatic heterocycles. The molecular formula is C17H36N4O2S. The molecule has 7 heteroatoms. The van der Waals surface area contributed by atoms with Crippen LogP contribution in [0.25, 0.3) is 0 Å². The highest BCUT2D eigenvalue weighted by molar-refractivity contribution is 7.88. The van der Waals surface area contributed by atoms with Crippen molar-refractivity contribution in [3.63, 3.8) is 0 Å². The van der Waals surface area contributed by atoms with Crippen LogP contribution in [-0.4, -0.2) is 69.1 Å². The number of hydrogen-bond donors (Lipinski definition) is 1. The van der Waals surface area contributed by atoms with Gasteiger partial charge < -0.3 is 10.2 Å². The smallest absolute Gasteiger partial charge is 0.211 e. The summed E-state index contributed by atoms with van der Waals surface area (Å²) in [4.78, 5) is 7.06. The van der Waals surface area contributed by atoms with E-state index in [1.165, 1.54) is 23.4 Å². The monoisotopic (exact) mass is 360 g/mol. The molecule has 6 nitrogen and oxygen atoms in total. The van der Waals surface area contributed by atoms with Crippen LogP contribution in [0.1, 0.15) is 47.0 Å². The van der Waals surface area contributed by atoms with E-state index in [2.05, 4.69) is 31.0 Å². The van der Waals surface area contributed by atoms with Gasteiger partial charge in [-0.1, -0.05) is 20.8 Å². The van der Waals surface area contributed by atoms with Crippen molar-refractivity contribution in [1.82, 2.24) is 14.5 Å². The van der Waals surface area contributed by atoms with Crippen molar-refractivity contribution in [2.24, 2.45) is 16.8 Å². The van der Waals surface area contributed by atoms with E-state index >= 15 is 0 Å². The maximum Gasteiger partial charge on any atom is 0.211 e. The molecule has 1 N–H and O–H groups in total. The Morgan fingerprint density at radius 2 is 2.08 bits per heavy atom. The topological polar surface area (TPSA) is 65.0 Å². The minimum atomic E-state index is -3.10. The Balaban J connectivity index is 2.51. The first-order valence-corrected chi connectivity index (χ1v) is 11.1. The first kappa shape index (κ1) is 21.2. The average Bonchev–Trinajstić information content (AvgIpc) is 2.92. The normalized spacial score (nSPS) is 19.5. The summed E-state index contributed by atoms with van der Waals surface area (Å²) >= 11 is 0. The summed E-state index contributed by atoms with van der Waals surface area (Å²) in [5.74, 6) is 2.48. The molecule has 0 aliphatic carbocycles. The molecule has 0 spiro atoms. The highest BCUT2D eigenvalue weighted by atomic mass is 32.2. The summed E-state index contributed by atoms with van der Waals surface area (Å²) in [6, 6.07) is 0. The fourth-order valence-electron chi connectivity index (χ4n) is 3.30. The summed E-state index contributed by atoms with van der Waals surface area (Å²) < 4.78 is 24.7. The van der Waals surface area contributed by atoms with Gasteiger partial charge in [-0.05, 0) is 38.0 Å². The van der Waals surface area contributed by atoms with Gasteiger partial charge in [0.15, 0.2) is 5.96 Å². The van der Waals surface area contributed by atoms with E-state index in [0.717, 1.165) is 43.9 Å². The highest BCUT2D eigenvalue weighted by Crippen LogP contribution is 2.23. The Morgan fingerprint density at radius 1 is 1.38 bits per heavy atom. The van der Waals surface area contributed by atoms with Gasteiger partial charge in [-0.25, -0.2) is 12.7 Å². The predicted molar refractivity (Wildman–Crippen MR) is 102 cm³/mol.